The summed E-state index contributed by atoms with van der Waals surface area (Å²) in [5.74, 6) is 0. The Hall–Kier alpha value is -2.07. The molecule has 3 rings (SSSR count). The Morgan fingerprint density at radius 3 is 2.48 bits per heavy atom. The smallest absolute Gasteiger partial charge is 0.257 e. The van der Waals surface area contributed by atoms with E-state index in [1.165, 1.54) is 9.71 Å². The average Bonchev–Trinajstić information content (AvgIpc) is 2.83. The molecule has 1 atom stereocenters. The van der Waals surface area contributed by atoms with Crippen molar-refractivity contribution in [2.75, 3.05) is 4.31 Å². The number of benzene rings is 2. The molecule has 0 bridgehead atoms. The molecular weight excluding hydrogens is 282 g/mol. The fourth-order valence-corrected chi connectivity index (χ4v) is 4.21. The van der Waals surface area contributed by atoms with Crippen molar-refractivity contribution in [2.45, 2.75) is 19.4 Å². The second-order valence-electron chi connectivity index (χ2n) is 5.24. The number of hydrogen-bond donors (Lipinski definition) is 0. The van der Waals surface area contributed by atoms with Gasteiger partial charge >= 0.3 is 0 Å². The van der Waals surface area contributed by atoms with Crippen LogP contribution in [0, 0.1) is 0 Å². The SMILES string of the molecule is CC1Cc2ccccc2N1S(=O)(=O)/C=C/c1ccccc1. The molecule has 1 unspecified atom stereocenters. The van der Waals surface area contributed by atoms with Gasteiger partial charge in [0.05, 0.1) is 11.1 Å². The number of sulfonamides is 1. The molecule has 0 spiro atoms. The van der Waals surface area contributed by atoms with E-state index < -0.39 is 10.0 Å². The Morgan fingerprint density at radius 2 is 1.71 bits per heavy atom. The summed E-state index contributed by atoms with van der Waals surface area (Å²) in [7, 11) is -3.47. The van der Waals surface area contributed by atoms with E-state index in [2.05, 4.69) is 0 Å². The lowest BCUT2D eigenvalue weighted by molar-refractivity contribution is 0.593. The highest BCUT2D eigenvalue weighted by Crippen LogP contribution is 2.34. The fourth-order valence-electron chi connectivity index (χ4n) is 2.72. The van der Waals surface area contributed by atoms with Crippen LogP contribution in [-0.2, 0) is 16.4 Å². The molecule has 1 aliphatic rings. The Bertz CT molecular complexity index is 766. The summed E-state index contributed by atoms with van der Waals surface area (Å²) in [5, 5.41) is 1.29. The molecule has 0 aromatic heterocycles. The van der Waals surface area contributed by atoms with Crippen molar-refractivity contribution in [1.29, 1.82) is 0 Å². The topological polar surface area (TPSA) is 37.4 Å². The van der Waals surface area contributed by atoms with Crippen LogP contribution in [0.1, 0.15) is 18.1 Å². The third-order valence-electron chi connectivity index (χ3n) is 3.65. The minimum Gasteiger partial charge on any atom is -0.263 e. The molecule has 1 aliphatic heterocycles. The third-order valence-corrected chi connectivity index (χ3v) is 5.24. The van der Waals surface area contributed by atoms with Gasteiger partial charge in [-0.25, -0.2) is 8.42 Å². The molecule has 4 heteroatoms. The van der Waals surface area contributed by atoms with E-state index in [0.29, 0.717) is 0 Å². The van der Waals surface area contributed by atoms with Gasteiger partial charge in [-0.05, 0) is 36.6 Å². The first-order chi connectivity index (χ1) is 10.1. The lowest BCUT2D eigenvalue weighted by atomic mass is 10.1. The van der Waals surface area contributed by atoms with E-state index in [1.807, 2.05) is 61.5 Å². The van der Waals surface area contributed by atoms with Crippen LogP contribution in [0.15, 0.2) is 60.0 Å². The molecule has 2 aromatic rings. The van der Waals surface area contributed by atoms with Crippen molar-refractivity contribution in [3.63, 3.8) is 0 Å². The highest BCUT2D eigenvalue weighted by molar-refractivity contribution is 7.95. The monoisotopic (exact) mass is 299 g/mol. The van der Waals surface area contributed by atoms with E-state index in [1.54, 1.807) is 6.08 Å². The minimum absolute atomic E-state index is 0.0483. The molecule has 21 heavy (non-hydrogen) atoms. The van der Waals surface area contributed by atoms with Crippen molar-refractivity contribution < 1.29 is 8.42 Å². The van der Waals surface area contributed by atoms with Gasteiger partial charge in [-0.2, -0.15) is 0 Å². The summed E-state index contributed by atoms with van der Waals surface area (Å²) >= 11 is 0. The van der Waals surface area contributed by atoms with Crippen LogP contribution in [0.25, 0.3) is 6.08 Å². The van der Waals surface area contributed by atoms with Crippen LogP contribution in [0.5, 0.6) is 0 Å². The molecule has 0 amide bonds. The van der Waals surface area contributed by atoms with Gasteiger partial charge < -0.3 is 0 Å². The minimum atomic E-state index is -3.47. The summed E-state index contributed by atoms with van der Waals surface area (Å²) < 4.78 is 26.8. The van der Waals surface area contributed by atoms with Crippen molar-refractivity contribution >= 4 is 21.8 Å². The summed E-state index contributed by atoms with van der Waals surface area (Å²) in [4.78, 5) is 0. The molecule has 0 fully saturated rings. The fraction of sp³-hybridized carbons (Fsp3) is 0.176. The molecule has 2 aromatic carbocycles. The first-order valence-electron chi connectivity index (χ1n) is 6.93. The first kappa shape index (κ1) is 13.9. The molecule has 108 valence electrons. The standard InChI is InChI=1S/C17H17NO2S/c1-14-13-16-9-5-6-10-17(16)18(14)21(19,20)12-11-15-7-3-2-4-8-15/h2-12,14H,13H2,1H3/b12-11+. The normalized spacial score (nSPS) is 18.1. The Morgan fingerprint density at radius 1 is 1.05 bits per heavy atom. The van der Waals surface area contributed by atoms with Crippen molar-refractivity contribution in [1.82, 2.24) is 0 Å². The van der Waals surface area contributed by atoms with Gasteiger partial charge in [0.15, 0.2) is 0 Å². The third kappa shape index (κ3) is 2.72. The lowest BCUT2D eigenvalue weighted by Crippen LogP contribution is -2.34. The van der Waals surface area contributed by atoms with Gasteiger partial charge in [0.2, 0.25) is 0 Å². The molecule has 1 heterocycles. The highest BCUT2D eigenvalue weighted by Gasteiger charge is 2.33. The van der Waals surface area contributed by atoms with Crippen LogP contribution >= 0.6 is 0 Å². The van der Waals surface area contributed by atoms with E-state index >= 15 is 0 Å². The Balaban J connectivity index is 1.94. The van der Waals surface area contributed by atoms with Gasteiger partial charge in [0.1, 0.15) is 0 Å². The number of para-hydroxylation sites is 1. The maximum absolute atomic E-state index is 12.6. The van der Waals surface area contributed by atoms with Crippen LogP contribution in [0.2, 0.25) is 0 Å². The highest BCUT2D eigenvalue weighted by atomic mass is 32.2. The average molecular weight is 299 g/mol. The maximum Gasteiger partial charge on any atom is 0.257 e. The summed E-state index contributed by atoms with van der Waals surface area (Å²) in [6, 6.07) is 17.1. The molecule has 0 saturated carbocycles. The molecule has 0 radical (unpaired) electrons. The summed E-state index contributed by atoms with van der Waals surface area (Å²) in [5.41, 5.74) is 2.76. The van der Waals surface area contributed by atoms with Crippen molar-refractivity contribution in [3.8, 4) is 0 Å². The van der Waals surface area contributed by atoms with Crippen LogP contribution in [-0.4, -0.2) is 14.5 Å². The van der Waals surface area contributed by atoms with Gasteiger partial charge in [-0.1, -0.05) is 48.5 Å². The van der Waals surface area contributed by atoms with E-state index in [-0.39, 0.29) is 6.04 Å². The second-order valence-corrected chi connectivity index (χ2v) is 6.93. The number of hydrogen-bond acceptors (Lipinski definition) is 2. The quantitative estimate of drug-likeness (QED) is 0.870. The molecule has 3 nitrogen and oxygen atoms in total. The zero-order valence-corrected chi connectivity index (χ0v) is 12.6. The van der Waals surface area contributed by atoms with Gasteiger partial charge in [-0.3, -0.25) is 4.31 Å². The summed E-state index contributed by atoms with van der Waals surface area (Å²) in [6.07, 6.45) is 2.40. The maximum atomic E-state index is 12.6. The van der Waals surface area contributed by atoms with E-state index in [0.717, 1.165) is 23.2 Å². The van der Waals surface area contributed by atoms with Crippen LogP contribution < -0.4 is 4.31 Å². The summed E-state index contributed by atoms with van der Waals surface area (Å²) in [6.45, 7) is 1.94. The number of rotatable bonds is 3. The molecule has 0 aliphatic carbocycles. The number of nitrogens with zero attached hydrogens (tertiary/aromatic N) is 1. The second kappa shape index (κ2) is 5.37. The predicted octanol–water partition coefficient (Wildman–Crippen LogP) is 3.44. The van der Waals surface area contributed by atoms with Crippen LogP contribution in [0.3, 0.4) is 0 Å². The lowest BCUT2D eigenvalue weighted by Gasteiger charge is -2.22. The number of fused-ring (bicyclic) bond motifs is 1. The molecule has 0 N–H and O–H groups in total. The van der Waals surface area contributed by atoms with E-state index in [4.69, 9.17) is 0 Å². The first-order valence-corrected chi connectivity index (χ1v) is 8.44. The number of anilines is 1. The van der Waals surface area contributed by atoms with Crippen molar-refractivity contribution in [3.05, 3.63) is 71.1 Å². The zero-order valence-electron chi connectivity index (χ0n) is 11.8. The van der Waals surface area contributed by atoms with Crippen molar-refractivity contribution in [2.24, 2.45) is 0 Å². The largest absolute Gasteiger partial charge is 0.263 e. The Kier molecular flexibility index (Phi) is 3.55. The van der Waals surface area contributed by atoms with E-state index in [9.17, 15) is 8.42 Å². The molecule has 0 saturated heterocycles. The Labute approximate surface area is 125 Å². The van der Waals surface area contributed by atoms with Gasteiger partial charge in [0.25, 0.3) is 10.0 Å². The predicted molar refractivity (Wildman–Crippen MR) is 86.5 cm³/mol. The van der Waals surface area contributed by atoms with Gasteiger partial charge in [0, 0.05) is 6.04 Å². The van der Waals surface area contributed by atoms with Crippen LogP contribution in [0.4, 0.5) is 5.69 Å². The molecular formula is C17H17NO2S. The zero-order chi connectivity index (χ0) is 14.9. The van der Waals surface area contributed by atoms with Gasteiger partial charge in [-0.15, -0.1) is 0 Å².